The summed E-state index contributed by atoms with van der Waals surface area (Å²) >= 11 is 5.04. The zero-order valence-corrected chi connectivity index (χ0v) is 9.06. The summed E-state index contributed by atoms with van der Waals surface area (Å²) in [6.07, 6.45) is 1.29. The largest absolute Gasteiger partial charge is 0.348 e. The Morgan fingerprint density at radius 1 is 1.33 bits per heavy atom. The first-order valence-corrected chi connectivity index (χ1v) is 4.79. The van der Waals surface area contributed by atoms with Gasteiger partial charge >= 0.3 is 5.38 Å². The average Bonchev–Trinajstić information content (AvgIpc) is 2.14. The number of alkyl halides is 3. The van der Waals surface area contributed by atoms with Crippen LogP contribution in [0.25, 0.3) is 5.57 Å². The van der Waals surface area contributed by atoms with Crippen molar-refractivity contribution in [2.45, 2.75) is 12.3 Å². The summed E-state index contributed by atoms with van der Waals surface area (Å²) in [6, 6.07) is 8.30. The molecule has 80 valence electrons. The van der Waals surface area contributed by atoms with E-state index in [1.165, 1.54) is 6.08 Å². The van der Waals surface area contributed by atoms with Gasteiger partial charge in [0.05, 0.1) is 0 Å². The van der Waals surface area contributed by atoms with Crippen molar-refractivity contribution in [1.82, 2.24) is 0 Å². The summed E-state index contributed by atoms with van der Waals surface area (Å²) in [5, 5.41) is -3.37. The second kappa shape index (κ2) is 4.58. The maximum absolute atomic E-state index is 13.1. The Balaban J connectivity index is 3.20. The molecule has 1 rings (SSSR count). The van der Waals surface area contributed by atoms with Gasteiger partial charge in [-0.05, 0) is 30.2 Å². The number of hydrogen-bond acceptors (Lipinski definition) is 0. The Labute approximate surface area is 92.9 Å². The molecule has 0 spiro atoms. The van der Waals surface area contributed by atoms with Gasteiger partial charge in [-0.15, -0.1) is 0 Å². The van der Waals surface area contributed by atoms with Gasteiger partial charge in [-0.2, -0.15) is 8.78 Å². The molecule has 0 N–H and O–H groups in total. The van der Waals surface area contributed by atoms with Crippen molar-refractivity contribution < 1.29 is 8.78 Å². The van der Waals surface area contributed by atoms with E-state index in [2.05, 4.69) is 6.58 Å². The topological polar surface area (TPSA) is 0 Å². The van der Waals surface area contributed by atoms with Gasteiger partial charge in [0.1, 0.15) is 0 Å². The molecule has 0 aliphatic heterocycles. The van der Waals surface area contributed by atoms with Crippen molar-refractivity contribution >= 4 is 17.2 Å². The number of allylic oxidation sites excluding steroid dienone is 3. The molecule has 0 aliphatic carbocycles. The van der Waals surface area contributed by atoms with E-state index in [9.17, 15) is 8.78 Å². The highest BCUT2D eigenvalue weighted by Gasteiger charge is 2.31. The average molecular weight is 229 g/mol. The molecule has 0 nitrogen and oxygen atoms in total. The lowest BCUT2D eigenvalue weighted by Gasteiger charge is -2.13. The smallest absolute Gasteiger partial charge is 0.183 e. The van der Waals surface area contributed by atoms with Crippen molar-refractivity contribution in [3.63, 3.8) is 0 Å². The minimum Gasteiger partial charge on any atom is -0.183 e. The van der Waals surface area contributed by atoms with Crippen LogP contribution >= 0.6 is 11.6 Å². The SMILES string of the molecule is C=C(C)/C=C(\c1ccccc1)C(F)(F)Cl. The number of rotatable bonds is 3. The quantitative estimate of drug-likeness (QED) is 0.529. The molecule has 0 atom stereocenters. The molecule has 0 saturated carbocycles. The number of hydrogen-bond donors (Lipinski definition) is 0. The molecular weight excluding hydrogens is 218 g/mol. The molecule has 0 amide bonds. The summed E-state index contributed by atoms with van der Waals surface area (Å²) in [5.41, 5.74) is 0.715. The van der Waals surface area contributed by atoms with Gasteiger partial charge in [0.15, 0.2) is 0 Å². The minimum absolute atomic E-state index is 0.225. The summed E-state index contributed by atoms with van der Waals surface area (Å²) in [7, 11) is 0. The fourth-order valence-corrected chi connectivity index (χ4v) is 1.36. The van der Waals surface area contributed by atoms with Crippen molar-refractivity contribution in [3.05, 3.63) is 54.1 Å². The third-order valence-electron chi connectivity index (χ3n) is 1.78. The Morgan fingerprint density at radius 2 is 1.87 bits per heavy atom. The second-order valence-corrected chi connectivity index (χ2v) is 3.74. The molecule has 0 bridgehead atoms. The molecule has 0 fully saturated rings. The molecule has 15 heavy (non-hydrogen) atoms. The zero-order valence-electron chi connectivity index (χ0n) is 8.31. The van der Waals surface area contributed by atoms with Gasteiger partial charge in [-0.1, -0.05) is 42.5 Å². The van der Waals surface area contributed by atoms with Gasteiger partial charge in [-0.3, -0.25) is 0 Å². The third-order valence-corrected chi connectivity index (χ3v) is 1.98. The molecule has 3 heteroatoms. The van der Waals surface area contributed by atoms with Crippen LogP contribution in [0.1, 0.15) is 12.5 Å². The molecule has 0 unspecified atom stereocenters. The van der Waals surface area contributed by atoms with Crippen molar-refractivity contribution in [3.8, 4) is 0 Å². The van der Waals surface area contributed by atoms with Crippen LogP contribution in [0, 0.1) is 0 Å². The van der Waals surface area contributed by atoms with Gasteiger partial charge in [0.2, 0.25) is 0 Å². The summed E-state index contributed by atoms with van der Waals surface area (Å²) in [4.78, 5) is 0. The second-order valence-electron chi connectivity index (χ2n) is 3.27. The Kier molecular flexibility index (Phi) is 3.64. The van der Waals surface area contributed by atoms with E-state index < -0.39 is 5.38 Å². The molecular formula is C12H11ClF2. The Hall–Kier alpha value is -1.15. The van der Waals surface area contributed by atoms with Crippen LogP contribution in [0.4, 0.5) is 8.78 Å². The monoisotopic (exact) mass is 228 g/mol. The van der Waals surface area contributed by atoms with Crippen LogP contribution in [0.2, 0.25) is 0 Å². The van der Waals surface area contributed by atoms with Crippen molar-refractivity contribution in [2.24, 2.45) is 0 Å². The van der Waals surface area contributed by atoms with Crippen molar-refractivity contribution in [2.75, 3.05) is 0 Å². The highest BCUT2D eigenvalue weighted by Crippen LogP contribution is 2.36. The van der Waals surface area contributed by atoms with Crippen LogP contribution in [0.5, 0.6) is 0 Å². The minimum atomic E-state index is -3.37. The van der Waals surface area contributed by atoms with Gasteiger partial charge in [0, 0.05) is 5.57 Å². The molecule has 1 aromatic rings. The van der Waals surface area contributed by atoms with Crippen LogP contribution in [-0.2, 0) is 0 Å². The predicted molar refractivity (Wildman–Crippen MR) is 60.0 cm³/mol. The Morgan fingerprint density at radius 3 is 2.27 bits per heavy atom. The van der Waals surface area contributed by atoms with Crippen LogP contribution < -0.4 is 0 Å². The fraction of sp³-hybridized carbons (Fsp3) is 0.167. The zero-order chi connectivity index (χ0) is 11.5. The van der Waals surface area contributed by atoms with E-state index in [4.69, 9.17) is 11.6 Å². The summed E-state index contributed by atoms with van der Waals surface area (Å²) in [5.74, 6) is 0. The summed E-state index contributed by atoms with van der Waals surface area (Å²) < 4.78 is 26.2. The maximum Gasteiger partial charge on any atom is 0.348 e. The van der Waals surface area contributed by atoms with E-state index in [0.717, 1.165) is 0 Å². The van der Waals surface area contributed by atoms with Crippen LogP contribution in [0.15, 0.2) is 48.6 Å². The normalized spacial score (nSPS) is 12.7. The lowest BCUT2D eigenvalue weighted by Crippen LogP contribution is -2.09. The molecule has 0 saturated heterocycles. The molecule has 0 aliphatic rings. The van der Waals surface area contributed by atoms with E-state index >= 15 is 0 Å². The highest BCUT2D eigenvalue weighted by atomic mass is 35.5. The first kappa shape index (κ1) is 11.9. The molecule has 1 aromatic carbocycles. The van der Waals surface area contributed by atoms with Gasteiger partial charge in [0.25, 0.3) is 0 Å². The molecule has 0 heterocycles. The number of halogens is 3. The Bertz CT molecular complexity index is 374. The lowest BCUT2D eigenvalue weighted by atomic mass is 10.0. The first-order valence-electron chi connectivity index (χ1n) is 4.41. The van der Waals surface area contributed by atoms with E-state index in [0.29, 0.717) is 11.1 Å². The lowest BCUT2D eigenvalue weighted by molar-refractivity contribution is 0.164. The fourth-order valence-electron chi connectivity index (χ4n) is 1.19. The maximum atomic E-state index is 13.1. The highest BCUT2D eigenvalue weighted by molar-refractivity contribution is 6.27. The first-order chi connectivity index (χ1) is 6.91. The standard InChI is InChI=1S/C12H11ClF2/c1-9(2)8-11(12(13,14)15)10-6-4-3-5-7-10/h3-8H,1H2,2H3/b11-8+. The van der Waals surface area contributed by atoms with E-state index in [1.807, 2.05) is 0 Å². The van der Waals surface area contributed by atoms with E-state index in [1.54, 1.807) is 37.3 Å². The van der Waals surface area contributed by atoms with Crippen molar-refractivity contribution in [1.29, 1.82) is 0 Å². The van der Waals surface area contributed by atoms with Gasteiger partial charge < -0.3 is 0 Å². The van der Waals surface area contributed by atoms with Crippen LogP contribution in [-0.4, -0.2) is 5.38 Å². The third kappa shape index (κ3) is 3.48. The predicted octanol–water partition coefficient (Wildman–Crippen LogP) is 4.48. The molecule has 0 aromatic heterocycles. The van der Waals surface area contributed by atoms with Gasteiger partial charge in [-0.25, -0.2) is 0 Å². The van der Waals surface area contributed by atoms with E-state index in [-0.39, 0.29) is 5.57 Å². The molecule has 0 radical (unpaired) electrons. The number of benzene rings is 1. The van der Waals surface area contributed by atoms with Crippen LogP contribution in [0.3, 0.4) is 0 Å². The summed E-state index contributed by atoms with van der Waals surface area (Å²) in [6.45, 7) is 5.21.